The van der Waals surface area contributed by atoms with Crippen molar-refractivity contribution in [3.8, 4) is 5.75 Å². The average Bonchev–Trinajstić information content (AvgIpc) is 2.93. The molecule has 0 aromatic heterocycles. The van der Waals surface area contributed by atoms with E-state index in [1.54, 1.807) is 24.3 Å². The van der Waals surface area contributed by atoms with Gasteiger partial charge in [0.15, 0.2) is 11.6 Å². The van der Waals surface area contributed by atoms with Crippen LogP contribution in [0.5, 0.6) is 5.75 Å². The number of imide groups is 1. The minimum atomic E-state index is -1.05. The van der Waals surface area contributed by atoms with Crippen LogP contribution < -0.4 is 10.1 Å². The zero-order chi connectivity index (χ0) is 21.8. The number of hydrogen-bond donors (Lipinski definition) is 1. The van der Waals surface area contributed by atoms with Crippen molar-refractivity contribution in [2.75, 3.05) is 18.5 Å². The predicted molar refractivity (Wildman–Crippen MR) is 111 cm³/mol. The van der Waals surface area contributed by atoms with Crippen LogP contribution in [0.3, 0.4) is 0 Å². The largest absolute Gasteiger partial charge is 0.494 e. The maximum atomic E-state index is 13.6. The molecule has 2 amide bonds. The van der Waals surface area contributed by atoms with Crippen molar-refractivity contribution in [2.45, 2.75) is 27.2 Å². The number of hydrogen-bond acceptors (Lipinski definition) is 4. The highest BCUT2D eigenvalue weighted by atomic mass is 19.2. The molecule has 1 N–H and O–H groups in total. The molecule has 30 heavy (non-hydrogen) atoms. The zero-order valence-corrected chi connectivity index (χ0v) is 17.2. The first-order valence-electron chi connectivity index (χ1n) is 9.87. The van der Waals surface area contributed by atoms with E-state index in [0.29, 0.717) is 17.9 Å². The van der Waals surface area contributed by atoms with Crippen molar-refractivity contribution in [3.63, 3.8) is 0 Å². The Labute approximate surface area is 174 Å². The molecule has 0 unspecified atom stereocenters. The molecule has 5 nitrogen and oxygen atoms in total. The first-order valence-corrected chi connectivity index (χ1v) is 9.87. The van der Waals surface area contributed by atoms with Gasteiger partial charge in [0.25, 0.3) is 11.8 Å². The molecule has 0 spiro atoms. The molecule has 2 aromatic carbocycles. The van der Waals surface area contributed by atoms with Crippen LogP contribution in [0.4, 0.5) is 14.5 Å². The molecule has 158 valence electrons. The summed E-state index contributed by atoms with van der Waals surface area (Å²) in [4.78, 5) is 27.2. The number of nitrogens with one attached hydrogen (secondary N) is 1. The Morgan fingerprint density at radius 1 is 1.00 bits per heavy atom. The summed E-state index contributed by atoms with van der Waals surface area (Å²) in [7, 11) is 0. The SMILES string of the molecule is CCCOc1ccc(C2=C(Nc3ccc(F)c(F)c3)C(=O)N(CC(C)C)C2=O)cc1. The number of ether oxygens (including phenoxy) is 1. The van der Waals surface area contributed by atoms with E-state index in [9.17, 15) is 18.4 Å². The summed E-state index contributed by atoms with van der Waals surface area (Å²) in [6, 6.07) is 10.1. The molecule has 0 fully saturated rings. The Kier molecular flexibility index (Phi) is 6.50. The van der Waals surface area contributed by atoms with Gasteiger partial charge in [-0.1, -0.05) is 32.9 Å². The minimum Gasteiger partial charge on any atom is -0.494 e. The van der Waals surface area contributed by atoms with Gasteiger partial charge in [0.1, 0.15) is 11.4 Å². The number of benzene rings is 2. The number of amides is 2. The fourth-order valence-electron chi connectivity index (χ4n) is 3.15. The summed E-state index contributed by atoms with van der Waals surface area (Å²) < 4.78 is 32.5. The Balaban J connectivity index is 2.00. The quantitative estimate of drug-likeness (QED) is 0.642. The molecule has 3 rings (SSSR count). The van der Waals surface area contributed by atoms with Gasteiger partial charge in [-0.05, 0) is 42.2 Å². The van der Waals surface area contributed by atoms with Gasteiger partial charge in [-0.15, -0.1) is 0 Å². The van der Waals surface area contributed by atoms with E-state index in [1.807, 2.05) is 20.8 Å². The smallest absolute Gasteiger partial charge is 0.278 e. The molecule has 2 aromatic rings. The molecule has 1 heterocycles. The van der Waals surface area contributed by atoms with E-state index >= 15 is 0 Å². The minimum absolute atomic E-state index is 0.0360. The third-order valence-corrected chi connectivity index (χ3v) is 4.52. The fraction of sp³-hybridized carbons (Fsp3) is 0.304. The van der Waals surface area contributed by atoms with Gasteiger partial charge in [0, 0.05) is 18.3 Å². The maximum absolute atomic E-state index is 13.6. The monoisotopic (exact) mass is 414 g/mol. The van der Waals surface area contributed by atoms with Gasteiger partial charge in [-0.3, -0.25) is 14.5 Å². The molecular weight excluding hydrogens is 390 g/mol. The number of halogens is 2. The van der Waals surface area contributed by atoms with Crippen LogP contribution in [-0.4, -0.2) is 29.9 Å². The third kappa shape index (κ3) is 4.50. The van der Waals surface area contributed by atoms with Gasteiger partial charge >= 0.3 is 0 Å². The van der Waals surface area contributed by atoms with Crippen molar-refractivity contribution in [2.24, 2.45) is 5.92 Å². The molecule has 0 saturated carbocycles. The normalized spacial score (nSPS) is 14.1. The lowest BCUT2D eigenvalue weighted by molar-refractivity contribution is -0.137. The molecule has 0 aliphatic carbocycles. The van der Waals surface area contributed by atoms with Crippen LogP contribution in [0.25, 0.3) is 5.57 Å². The number of carbonyl (C=O) groups is 2. The number of rotatable bonds is 8. The summed E-state index contributed by atoms with van der Waals surface area (Å²) in [6.45, 7) is 6.63. The molecule has 0 radical (unpaired) electrons. The number of nitrogens with zero attached hydrogens (tertiary/aromatic N) is 1. The van der Waals surface area contributed by atoms with Gasteiger partial charge in [0.05, 0.1) is 12.2 Å². The van der Waals surface area contributed by atoms with Crippen LogP contribution in [0.15, 0.2) is 48.2 Å². The highest BCUT2D eigenvalue weighted by Gasteiger charge is 2.39. The Bertz CT molecular complexity index is 984. The Morgan fingerprint density at radius 2 is 1.70 bits per heavy atom. The first kappa shape index (κ1) is 21.5. The second-order valence-electron chi connectivity index (χ2n) is 7.49. The van der Waals surface area contributed by atoms with Crippen LogP contribution in [0.1, 0.15) is 32.8 Å². The summed E-state index contributed by atoms with van der Waals surface area (Å²) in [5, 5.41) is 2.82. The van der Waals surface area contributed by atoms with E-state index < -0.39 is 23.4 Å². The summed E-state index contributed by atoms with van der Waals surface area (Å²) in [5.74, 6) is -2.23. The first-order chi connectivity index (χ1) is 14.3. The van der Waals surface area contributed by atoms with Crippen molar-refractivity contribution in [3.05, 3.63) is 65.4 Å². The van der Waals surface area contributed by atoms with Gasteiger partial charge in [0.2, 0.25) is 0 Å². The number of anilines is 1. The average molecular weight is 414 g/mol. The summed E-state index contributed by atoms with van der Waals surface area (Å²) in [6.07, 6.45) is 0.867. The molecule has 7 heteroatoms. The lowest BCUT2D eigenvalue weighted by Crippen LogP contribution is -2.35. The lowest BCUT2D eigenvalue weighted by Gasteiger charge is -2.17. The maximum Gasteiger partial charge on any atom is 0.278 e. The Hall–Kier alpha value is -3.22. The van der Waals surface area contributed by atoms with Crippen molar-refractivity contribution in [1.29, 1.82) is 0 Å². The lowest BCUT2D eigenvalue weighted by atomic mass is 10.0. The topological polar surface area (TPSA) is 58.6 Å². The van der Waals surface area contributed by atoms with Crippen molar-refractivity contribution < 1.29 is 23.1 Å². The van der Waals surface area contributed by atoms with Gasteiger partial charge in [-0.2, -0.15) is 0 Å². The third-order valence-electron chi connectivity index (χ3n) is 4.52. The fourth-order valence-corrected chi connectivity index (χ4v) is 3.15. The van der Waals surface area contributed by atoms with Crippen LogP contribution in [0.2, 0.25) is 0 Å². The summed E-state index contributed by atoms with van der Waals surface area (Å²) >= 11 is 0. The Morgan fingerprint density at radius 3 is 2.30 bits per heavy atom. The van der Waals surface area contributed by atoms with E-state index in [1.165, 1.54) is 11.0 Å². The molecule has 1 aliphatic rings. The highest BCUT2D eigenvalue weighted by molar-refractivity contribution is 6.36. The predicted octanol–water partition coefficient (Wildman–Crippen LogP) is 4.60. The molecular formula is C23H24F2N2O3. The van der Waals surface area contributed by atoms with Crippen molar-refractivity contribution >= 4 is 23.1 Å². The van der Waals surface area contributed by atoms with Crippen LogP contribution in [-0.2, 0) is 9.59 Å². The van der Waals surface area contributed by atoms with Crippen molar-refractivity contribution in [1.82, 2.24) is 4.90 Å². The molecule has 0 atom stereocenters. The molecule has 0 bridgehead atoms. The van der Waals surface area contributed by atoms with E-state index in [4.69, 9.17) is 4.74 Å². The second kappa shape index (κ2) is 9.07. The standard InChI is InChI=1S/C23H24F2N2O3/c1-4-11-30-17-8-5-15(6-9-17)20-21(23(29)27(22(20)28)13-14(2)3)26-16-7-10-18(24)19(25)12-16/h5-10,12,14,26H,4,11,13H2,1-3H3. The summed E-state index contributed by atoms with van der Waals surface area (Å²) in [5.41, 5.74) is 0.937. The number of carbonyl (C=O) groups excluding carboxylic acids is 2. The zero-order valence-electron chi connectivity index (χ0n) is 17.2. The van der Waals surface area contributed by atoms with E-state index in [2.05, 4.69) is 5.32 Å². The molecule has 1 aliphatic heterocycles. The van der Waals surface area contributed by atoms with E-state index in [-0.39, 0.29) is 29.4 Å². The van der Waals surface area contributed by atoms with Gasteiger partial charge < -0.3 is 10.1 Å². The van der Waals surface area contributed by atoms with Crippen LogP contribution >= 0.6 is 0 Å². The van der Waals surface area contributed by atoms with Gasteiger partial charge in [-0.25, -0.2) is 8.78 Å². The highest BCUT2D eigenvalue weighted by Crippen LogP contribution is 2.32. The molecule has 0 saturated heterocycles. The van der Waals surface area contributed by atoms with E-state index in [0.717, 1.165) is 18.6 Å². The second-order valence-corrected chi connectivity index (χ2v) is 7.49. The van der Waals surface area contributed by atoms with Crippen LogP contribution in [0, 0.1) is 17.6 Å².